The average Bonchev–Trinajstić information content (AvgIpc) is 3.02. The van der Waals surface area contributed by atoms with Crippen LogP contribution in [0.15, 0.2) is 12.3 Å². The smallest absolute Gasteiger partial charge is 0.258 e. The van der Waals surface area contributed by atoms with Crippen LogP contribution < -0.4 is 15.4 Å². The van der Waals surface area contributed by atoms with Crippen LogP contribution in [0.5, 0.6) is 5.88 Å². The molecule has 0 atom stereocenters. The van der Waals surface area contributed by atoms with E-state index in [9.17, 15) is 9.59 Å². The van der Waals surface area contributed by atoms with Crippen molar-refractivity contribution < 1.29 is 14.3 Å². The zero-order valence-corrected chi connectivity index (χ0v) is 22.3. The second-order valence-corrected chi connectivity index (χ2v) is 12.3. The Labute approximate surface area is 215 Å². The van der Waals surface area contributed by atoms with Crippen LogP contribution in [-0.4, -0.2) is 64.8 Å². The van der Waals surface area contributed by atoms with Crippen molar-refractivity contribution in [2.45, 2.75) is 78.4 Å². The van der Waals surface area contributed by atoms with E-state index in [1.165, 1.54) is 32.1 Å². The Bertz CT molecular complexity index is 961. The first kappa shape index (κ1) is 25.3. The van der Waals surface area contributed by atoms with Gasteiger partial charge in [0.25, 0.3) is 5.91 Å². The predicted molar refractivity (Wildman–Crippen MR) is 139 cm³/mol. The maximum Gasteiger partial charge on any atom is 0.258 e. The Morgan fingerprint density at radius 2 is 1.81 bits per heavy atom. The number of carbonyl (C=O) groups excluding carboxylic acids is 2. The monoisotopic (exact) mass is 497 g/mol. The highest BCUT2D eigenvalue weighted by molar-refractivity contribution is 5.96. The minimum Gasteiger partial charge on any atom is -0.474 e. The van der Waals surface area contributed by atoms with Crippen LogP contribution in [0, 0.1) is 29.1 Å². The van der Waals surface area contributed by atoms with Crippen molar-refractivity contribution in [1.82, 2.24) is 25.3 Å². The summed E-state index contributed by atoms with van der Waals surface area (Å²) in [5.41, 5.74) is -0.237. The van der Waals surface area contributed by atoms with Gasteiger partial charge < -0.3 is 20.3 Å². The van der Waals surface area contributed by atoms with Crippen molar-refractivity contribution in [2.24, 2.45) is 29.1 Å². The lowest BCUT2D eigenvalue weighted by molar-refractivity contribution is -0.137. The van der Waals surface area contributed by atoms with E-state index in [-0.39, 0.29) is 24.0 Å². The molecule has 8 heteroatoms. The molecule has 1 aliphatic heterocycles. The molecule has 8 nitrogen and oxygen atoms in total. The van der Waals surface area contributed by atoms with E-state index in [2.05, 4.69) is 15.7 Å². The number of ether oxygens (including phenoxy) is 1. The fraction of sp³-hybridized carbons (Fsp3) is 0.750. The lowest BCUT2D eigenvalue weighted by atomic mass is 9.54. The molecule has 0 unspecified atom stereocenters. The van der Waals surface area contributed by atoms with Gasteiger partial charge in [0.05, 0.1) is 17.7 Å². The molecule has 0 radical (unpaired) electrons. The van der Waals surface area contributed by atoms with Gasteiger partial charge >= 0.3 is 0 Å². The third kappa shape index (κ3) is 5.20. The highest BCUT2D eigenvalue weighted by Gasteiger charge is 2.48. The molecule has 5 fully saturated rings. The summed E-state index contributed by atoms with van der Waals surface area (Å²) in [5.74, 6) is 3.38. The molecule has 1 aromatic heterocycles. The second kappa shape index (κ2) is 10.2. The van der Waals surface area contributed by atoms with Crippen molar-refractivity contribution in [3.8, 4) is 5.88 Å². The van der Waals surface area contributed by atoms with Crippen molar-refractivity contribution >= 4 is 18.0 Å². The number of amides is 2. The first-order valence-electron chi connectivity index (χ1n) is 14.0. The largest absolute Gasteiger partial charge is 0.474 e. The Morgan fingerprint density at radius 1 is 1.11 bits per heavy atom. The summed E-state index contributed by atoms with van der Waals surface area (Å²) >= 11 is 0. The molecule has 36 heavy (non-hydrogen) atoms. The van der Waals surface area contributed by atoms with E-state index in [4.69, 9.17) is 4.74 Å². The maximum atomic E-state index is 13.5. The zero-order chi connectivity index (χ0) is 25.4. The minimum atomic E-state index is -0.700. The van der Waals surface area contributed by atoms with Gasteiger partial charge in [-0.2, -0.15) is 5.10 Å². The van der Waals surface area contributed by atoms with Gasteiger partial charge in [-0.25, -0.2) is 4.68 Å². The number of aromatic nitrogens is 2. The van der Waals surface area contributed by atoms with E-state index < -0.39 is 5.41 Å². The number of rotatable bonds is 7. The van der Waals surface area contributed by atoms with Gasteiger partial charge in [0.15, 0.2) is 0 Å². The summed E-state index contributed by atoms with van der Waals surface area (Å²) in [5, 5.41) is 11.2. The molecule has 2 amide bonds. The first-order chi connectivity index (χ1) is 17.2. The molecule has 4 aliphatic carbocycles. The third-order valence-electron chi connectivity index (χ3n) is 8.68. The van der Waals surface area contributed by atoms with E-state index >= 15 is 0 Å². The number of nitrogens with zero attached hydrogens (tertiary/aromatic N) is 3. The van der Waals surface area contributed by atoms with Gasteiger partial charge in [0.1, 0.15) is 5.56 Å². The molecule has 2 N–H and O–H groups in total. The topological polar surface area (TPSA) is 88.5 Å². The summed E-state index contributed by atoms with van der Waals surface area (Å²) in [4.78, 5) is 28.6. The van der Waals surface area contributed by atoms with Crippen LogP contribution in [0.25, 0.3) is 6.20 Å². The van der Waals surface area contributed by atoms with E-state index in [0.717, 1.165) is 37.9 Å². The van der Waals surface area contributed by atoms with Crippen LogP contribution in [0.3, 0.4) is 0 Å². The first-order valence-corrected chi connectivity index (χ1v) is 14.0. The fourth-order valence-corrected chi connectivity index (χ4v) is 7.13. The Hall–Kier alpha value is -2.35. The second-order valence-electron chi connectivity index (χ2n) is 12.3. The molecule has 0 aromatic carbocycles. The van der Waals surface area contributed by atoms with Crippen LogP contribution >= 0.6 is 0 Å². The summed E-state index contributed by atoms with van der Waals surface area (Å²) in [6.07, 6.45) is 12.5. The van der Waals surface area contributed by atoms with Crippen molar-refractivity contribution in [1.29, 1.82) is 0 Å². The molecule has 4 saturated carbocycles. The van der Waals surface area contributed by atoms with Gasteiger partial charge in [-0.3, -0.25) is 9.59 Å². The van der Waals surface area contributed by atoms with Gasteiger partial charge in [-0.05, 0) is 96.4 Å². The quantitative estimate of drug-likeness (QED) is 0.602. The molecule has 1 saturated heterocycles. The number of carbonyl (C=O) groups is 2. The van der Waals surface area contributed by atoms with Gasteiger partial charge in [0.2, 0.25) is 11.8 Å². The normalized spacial score (nSPS) is 30.1. The van der Waals surface area contributed by atoms with Gasteiger partial charge in [0, 0.05) is 31.9 Å². The number of hydrogen-bond donors (Lipinski definition) is 2. The lowest BCUT2D eigenvalue weighted by Gasteiger charge is -2.54. The molecule has 0 spiro atoms. The van der Waals surface area contributed by atoms with E-state index in [1.54, 1.807) is 17.1 Å². The van der Waals surface area contributed by atoms with Crippen LogP contribution in [0.4, 0.5) is 0 Å². The summed E-state index contributed by atoms with van der Waals surface area (Å²) in [7, 11) is 0. The highest BCUT2D eigenvalue weighted by atomic mass is 16.5. The predicted octanol–water partition coefficient (Wildman–Crippen LogP) is 3.54. The van der Waals surface area contributed by atoms with Crippen LogP contribution in [-0.2, 0) is 4.79 Å². The maximum absolute atomic E-state index is 13.5. The van der Waals surface area contributed by atoms with Crippen molar-refractivity contribution in [3.63, 3.8) is 0 Å². The lowest BCUT2D eigenvalue weighted by Crippen LogP contribution is -2.55. The van der Waals surface area contributed by atoms with E-state index in [0.29, 0.717) is 29.8 Å². The van der Waals surface area contributed by atoms with Crippen molar-refractivity contribution in [3.05, 3.63) is 17.8 Å². The van der Waals surface area contributed by atoms with Crippen molar-refractivity contribution in [2.75, 3.05) is 26.2 Å². The highest BCUT2D eigenvalue weighted by Crippen LogP contribution is 2.53. The Morgan fingerprint density at radius 3 is 2.47 bits per heavy atom. The van der Waals surface area contributed by atoms with Crippen LogP contribution in [0.2, 0.25) is 0 Å². The molecular weight excluding hydrogens is 454 g/mol. The third-order valence-corrected chi connectivity index (χ3v) is 8.68. The SMILES string of the molecule is CC(C)Oc1c(C(=O)NC2C3CC4CC(C3)CC2C4)cnn1C=CC(C)(C)C(=O)N1CCCNCC1. The van der Waals surface area contributed by atoms with Crippen LogP contribution in [0.1, 0.15) is 76.6 Å². The molecule has 6 rings (SSSR count). The molecular formula is C28H43N5O3. The standard InChI is InChI=1S/C28H43N5O3/c1-18(2)36-26-23(25(34)31-24-21-13-19-12-20(15-21)16-22(24)14-19)17-30-33(26)10-6-28(3,4)27(35)32-9-5-7-29-8-11-32/h6,10,17-22,24,29H,5,7-9,11-16H2,1-4H3,(H,31,34). The average molecular weight is 498 g/mol. The summed E-state index contributed by atoms with van der Waals surface area (Å²) < 4.78 is 7.69. The van der Waals surface area contributed by atoms with Gasteiger partial charge in [-0.1, -0.05) is 6.08 Å². The minimum absolute atomic E-state index is 0.0980. The molecule has 5 aliphatic rings. The summed E-state index contributed by atoms with van der Waals surface area (Å²) in [6, 6.07) is 0.260. The molecule has 198 valence electrons. The Kier molecular flexibility index (Phi) is 7.16. The number of nitrogens with one attached hydrogen (secondary N) is 2. The molecule has 2 heterocycles. The zero-order valence-electron chi connectivity index (χ0n) is 22.3. The molecule has 4 bridgehead atoms. The summed E-state index contributed by atoms with van der Waals surface area (Å²) in [6.45, 7) is 11.0. The van der Waals surface area contributed by atoms with E-state index in [1.807, 2.05) is 38.7 Å². The fourth-order valence-electron chi connectivity index (χ4n) is 7.13. The van der Waals surface area contributed by atoms with Gasteiger partial charge in [-0.15, -0.1) is 0 Å². The Balaban J connectivity index is 1.32. The molecule has 1 aromatic rings. The number of hydrogen-bond acceptors (Lipinski definition) is 5.